The minimum atomic E-state index is 0.0797. The summed E-state index contributed by atoms with van der Waals surface area (Å²) in [5.41, 5.74) is 2.00. The highest BCUT2D eigenvalue weighted by Gasteiger charge is 2.07. The largest absolute Gasteiger partial charge is 0.497 e. The molecule has 5 heteroatoms. The van der Waals surface area contributed by atoms with Gasteiger partial charge in [-0.25, -0.2) is 0 Å². The first-order chi connectivity index (χ1) is 11.6. The maximum Gasteiger partial charge on any atom is 0.171 e. The van der Waals surface area contributed by atoms with Crippen molar-refractivity contribution < 1.29 is 9.47 Å². The Bertz CT molecular complexity index is 686. The Balaban J connectivity index is 1.93. The molecule has 2 N–H and O–H groups in total. The molecule has 24 heavy (non-hydrogen) atoms. The molecule has 0 aliphatic rings. The van der Waals surface area contributed by atoms with Crippen molar-refractivity contribution in [2.75, 3.05) is 19.0 Å². The van der Waals surface area contributed by atoms with Crippen molar-refractivity contribution in [3.63, 3.8) is 0 Å². The summed E-state index contributed by atoms with van der Waals surface area (Å²) in [6.45, 7) is 6.17. The SMILES string of the molecule is C=CCOc1cccc(NC(=S)N[C@@H](C)c2ccc(OC)cc2)c1. The zero-order valence-electron chi connectivity index (χ0n) is 13.9. The predicted octanol–water partition coefficient (Wildman–Crippen LogP) is 4.31. The van der Waals surface area contributed by atoms with E-state index in [2.05, 4.69) is 24.1 Å². The lowest BCUT2D eigenvalue weighted by Gasteiger charge is -2.18. The van der Waals surface area contributed by atoms with E-state index in [0.29, 0.717) is 11.7 Å². The molecule has 0 saturated heterocycles. The van der Waals surface area contributed by atoms with Gasteiger partial charge in [0.05, 0.1) is 13.2 Å². The molecule has 0 spiro atoms. The first-order valence-electron chi connectivity index (χ1n) is 7.67. The van der Waals surface area contributed by atoms with Gasteiger partial charge in [-0.1, -0.05) is 30.9 Å². The number of anilines is 1. The Morgan fingerprint density at radius 3 is 2.62 bits per heavy atom. The van der Waals surface area contributed by atoms with E-state index >= 15 is 0 Å². The standard InChI is InChI=1S/C19H22N2O2S/c1-4-12-23-18-7-5-6-16(13-18)21-19(24)20-14(2)15-8-10-17(22-3)11-9-15/h4-11,13-14H,1,12H2,2-3H3,(H2,20,21,24)/t14-/m0/s1. The molecule has 0 bridgehead atoms. The summed E-state index contributed by atoms with van der Waals surface area (Å²) < 4.78 is 10.7. The summed E-state index contributed by atoms with van der Waals surface area (Å²) in [5.74, 6) is 1.61. The van der Waals surface area contributed by atoms with Crippen LogP contribution in [0, 0.1) is 0 Å². The number of methoxy groups -OCH3 is 1. The van der Waals surface area contributed by atoms with E-state index in [1.54, 1.807) is 13.2 Å². The van der Waals surface area contributed by atoms with Crippen molar-refractivity contribution in [1.82, 2.24) is 5.32 Å². The van der Waals surface area contributed by atoms with Crippen molar-refractivity contribution in [2.45, 2.75) is 13.0 Å². The maximum atomic E-state index is 5.52. The van der Waals surface area contributed by atoms with Crippen LogP contribution in [0.1, 0.15) is 18.5 Å². The fourth-order valence-corrected chi connectivity index (χ4v) is 2.45. The highest BCUT2D eigenvalue weighted by atomic mass is 32.1. The highest BCUT2D eigenvalue weighted by Crippen LogP contribution is 2.19. The fraction of sp³-hybridized carbons (Fsp3) is 0.211. The van der Waals surface area contributed by atoms with Gasteiger partial charge in [0.25, 0.3) is 0 Å². The van der Waals surface area contributed by atoms with Crippen LogP contribution in [0.25, 0.3) is 0 Å². The van der Waals surface area contributed by atoms with Gasteiger partial charge >= 0.3 is 0 Å². The van der Waals surface area contributed by atoms with Crippen LogP contribution in [0.5, 0.6) is 11.5 Å². The Hall–Kier alpha value is -2.53. The zero-order valence-corrected chi connectivity index (χ0v) is 14.7. The molecule has 0 fully saturated rings. The van der Waals surface area contributed by atoms with Crippen molar-refractivity contribution in [1.29, 1.82) is 0 Å². The molecule has 0 unspecified atom stereocenters. The first kappa shape index (κ1) is 17.8. The second-order valence-corrected chi connectivity index (χ2v) is 5.63. The van der Waals surface area contributed by atoms with Crippen LogP contribution < -0.4 is 20.1 Å². The highest BCUT2D eigenvalue weighted by molar-refractivity contribution is 7.80. The molecular weight excluding hydrogens is 320 g/mol. The third-order valence-electron chi connectivity index (χ3n) is 3.42. The van der Waals surface area contributed by atoms with Crippen LogP contribution >= 0.6 is 12.2 Å². The van der Waals surface area contributed by atoms with E-state index in [-0.39, 0.29) is 6.04 Å². The van der Waals surface area contributed by atoms with Crippen molar-refractivity contribution >= 4 is 23.0 Å². The minimum absolute atomic E-state index is 0.0797. The smallest absolute Gasteiger partial charge is 0.171 e. The van der Waals surface area contributed by atoms with Gasteiger partial charge in [0.15, 0.2) is 5.11 Å². The number of hydrogen-bond acceptors (Lipinski definition) is 3. The van der Waals surface area contributed by atoms with Crippen LogP contribution in [0.2, 0.25) is 0 Å². The van der Waals surface area contributed by atoms with E-state index in [0.717, 1.165) is 22.7 Å². The molecule has 1 atom stereocenters. The normalized spacial score (nSPS) is 11.2. The molecular formula is C19H22N2O2S. The zero-order chi connectivity index (χ0) is 17.4. The summed E-state index contributed by atoms with van der Waals surface area (Å²) in [6.07, 6.45) is 1.71. The molecule has 0 heterocycles. The van der Waals surface area contributed by atoms with E-state index in [1.807, 2.05) is 48.5 Å². The van der Waals surface area contributed by atoms with Crippen LogP contribution in [-0.4, -0.2) is 18.8 Å². The Morgan fingerprint density at radius 2 is 1.96 bits per heavy atom. The van der Waals surface area contributed by atoms with Crippen LogP contribution in [0.4, 0.5) is 5.69 Å². The average Bonchev–Trinajstić information content (AvgIpc) is 2.60. The third kappa shape index (κ3) is 5.28. The first-order valence-corrected chi connectivity index (χ1v) is 8.08. The summed E-state index contributed by atoms with van der Waals surface area (Å²) >= 11 is 5.39. The monoisotopic (exact) mass is 342 g/mol. The topological polar surface area (TPSA) is 42.5 Å². The van der Waals surface area contributed by atoms with Crippen molar-refractivity contribution in [3.8, 4) is 11.5 Å². The molecule has 126 valence electrons. The minimum Gasteiger partial charge on any atom is -0.497 e. The summed E-state index contributed by atoms with van der Waals surface area (Å²) in [7, 11) is 1.66. The molecule has 0 amide bonds. The Labute approximate surface area is 148 Å². The third-order valence-corrected chi connectivity index (χ3v) is 3.64. The quantitative estimate of drug-likeness (QED) is 0.580. The van der Waals surface area contributed by atoms with Gasteiger partial charge in [-0.15, -0.1) is 0 Å². The van der Waals surface area contributed by atoms with Gasteiger partial charge in [0.2, 0.25) is 0 Å². The van der Waals surface area contributed by atoms with Crippen LogP contribution in [0.15, 0.2) is 61.2 Å². The molecule has 0 radical (unpaired) electrons. The summed E-state index contributed by atoms with van der Waals surface area (Å²) in [4.78, 5) is 0. The number of hydrogen-bond donors (Lipinski definition) is 2. The molecule has 2 aromatic carbocycles. The number of rotatable bonds is 7. The lowest BCUT2D eigenvalue weighted by atomic mass is 10.1. The van der Waals surface area contributed by atoms with Gasteiger partial charge in [-0.3, -0.25) is 0 Å². The molecule has 0 aliphatic carbocycles. The second kappa shape index (κ2) is 8.93. The number of thiocarbonyl (C=S) groups is 1. The molecule has 0 aliphatic heterocycles. The Morgan fingerprint density at radius 1 is 1.21 bits per heavy atom. The molecule has 0 saturated carbocycles. The number of benzene rings is 2. The second-order valence-electron chi connectivity index (χ2n) is 5.22. The number of ether oxygens (including phenoxy) is 2. The van der Waals surface area contributed by atoms with Crippen molar-refractivity contribution in [2.24, 2.45) is 0 Å². The van der Waals surface area contributed by atoms with Crippen LogP contribution in [0.3, 0.4) is 0 Å². The van der Waals surface area contributed by atoms with Gasteiger partial charge in [-0.2, -0.15) is 0 Å². The average molecular weight is 342 g/mol. The van der Waals surface area contributed by atoms with E-state index in [9.17, 15) is 0 Å². The van der Waals surface area contributed by atoms with Gasteiger partial charge in [-0.05, 0) is 49.0 Å². The van der Waals surface area contributed by atoms with Gasteiger partial charge < -0.3 is 20.1 Å². The summed E-state index contributed by atoms with van der Waals surface area (Å²) in [6, 6.07) is 15.6. The summed E-state index contributed by atoms with van der Waals surface area (Å²) in [5, 5.41) is 6.99. The molecule has 4 nitrogen and oxygen atoms in total. The molecule has 0 aromatic heterocycles. The van der Waals surface area contributed by atoms with Crippen LogP contribution in [-0.2, 0) is 0 Å². The fourth-order valence-electron chi connectivity index (χ4n) is 2.16. The Kier molecular flexibility index (Phi) is 6.63. The number of nitrogens with one attached hydrogen (secondary N) is 2. The predicted molar refractivity (Wildman–Crippen MR) is 103 cm³/mol. The van der Waals surface area contributed by atoms with Gasteiger partial charge in [0, 0.05) is 11.8 Å². The van der Waals surface area contributed by atoms with E-state index in [4.69, 9.17) is 21.7 Å². The lowest BCUT2D eigenvalue weighted by molar-refractivity contribution is 0.363. The lowest BCUT2D eigenvalue weighted by Crippen LogP contribution is -2.30. The molecule has 2 rings (SSSR count). The van der Waals surface area contributed by atoms with E-state index in [1.165, 1.54) is 0 Å². The molecule has 2 aromatic rings. The van der Waals surface area contributed by atoms with E-state index < -0.39 is 0 Å². The van der Waals surface area contributed by atoms with Crippen molar-refractivity contribution in [3.05, 3.63) is 66.7 Å². The maximum absolute atomic E-state index is 5.52. The van der Waals surface area contributed by atoms with Gasteiger partial charge in [0.1, 0.15) is 18.1 Å².